The summed E-state index contributed by atoms with van der Waals surface area (Å²) in [5.41, 5.74) is 0. The third-order valence-electron chi connectivity index (χ3n) is 16.1. The number of unbranched alkanes of at least 4 members (excludes halogenated alkanes) is 44. The standard InChI is InChI=1S/C76H137NO3/c1-3-5-7-9-11-13-15-17-19-21-23-25-27-29-31-33-35-37-38-40-42-44-46-48-50-52-54-56-58-60-62-64-66-68-70-72-76(80)77-74(73-78)75(79)71-69-67-65-63-61-59-57-55-53-51-49-47-45-43-41-39-36-34-32-30-28-26-24-22-20-18-16-14-12-10-8-6-4-2/h5,7,11,13,17,19,23,25,29,31,35,37,40,42,69,71,74-75,78-79H,3-4,6,8-10,12,14-16,18,20-22,24,26-28,30,32-34,36,38-39,41,43-68,70,72-73H2,1-2H3,(H,77,80)/b7-5-,13-11-,19-17-,25-23-,31-29-,37-35-,42-40-,71-69+. The molecule has 0 saturated heterocycles. The van der Waals surface area contributed by atoms with E-state index in [1.165, 1.54) is 270 Å². The zero-order valence-electron chi connectivity index (χ0n) is 53.6. The van der Waals surface area contributed by atoms with E-state index in [1.54, 1.807) is 6.08 Å². The number of rotatable bonds is 65. The van der Waals surface area contributed by atoms with E-state index < -0.39 is 12.1 Å². The first-order valence-electron chi connectivity index (χ1n) is 35.5. The van der Waals surface area contributed by atoms with Gasteiger partial charge in [-0.1, -0.05) is 374 Å². The molecule has 0 heterocycles. The topological polar surface area (TPSA) is 69.6 Å². The molecule has 2 unspecified atom stereocenters. The normalized spacial score (nSPS) is 13.3. The van der Waals surface area contributed by atoms with Gasteiger partial charge < -0.3 is 15.5 Å². The molecule has 0 bridgehead atoms. The summed E-state index contributed by atoms with van der Waals surface area (Å²) < 4.78 is 0. The van der Waals surface area contributed by atoms with Crippen molar-refractivity contribution in [1.82, 2.24) is 5.32 Å². The highest BCUT2D eigenvalue weighted by Gasteiger charge is 2.18. The zero-order chi connectivity index (χ0) is 57.6. The predicted molar refractivity (Wildman–Crippen MR) is 359 cm³/mol. The molecule has 2 atom stereocenters. The van der Waals surface area contributed by atoms with Crippen LogP contribution in [0.25, 0.3) is 0 Å². The fourth-order valence-corrected chi connectivity index (χ4v) is 10.8. The summed E-state index contributed by atoms with van der Waals surface area (Å²) in [7, 11) is 0. The fraction of sp³-hybridized carbons (Fsp3) is 0.776. The van der Waals surface area contributed by atoms with Crippen LogP contribution in [0.4, 0.5) is 0 Å². The van der Waals surface area contributed by atoms with E-state index in [0.717, 1.165) is 70.6 Å². The van der Waals surface area contributed by atoms with E-state index in [9.17, 15) is 15.0 Å². The summed E-state index contributed by atoms with van der Waals surface area (Å²) in [6.45, 7) is 4.23. The third kappa shape index (κ3) is 66.1. The molecule has 464 valence electrons. The minimum Gasteiger partial charge on any atom is -0.394 e. The molecule has 0 radical (unpaired) electrons. The SMILES string of the molecule is CC/C=C\C/C=C\C/C=C\C/C=C\C/C=C\C/C=C\C/C=C\CCCCCCCCCCCCCCCC(=O)NC(CO)C(O)/C=C/CCCCCCCCCCCCCCCCCCCCCCCCCCCCCCCCC. The highest BCUT2D eigenvalue weighted by molar-refractivity contribution is 5.76. The molecule has 0 aliphatic heterocycles. The summed E-state index contributed by atoms with van der Waals surface area (Å²) in [5, 5.41) is 23.3. The number of hydrogen-bond donors (Lipinski definition) is 3. The average Bonchev–Trinajstić information content (AvgIpc) is 3.46. The Morgan fingerprint density at radius 2 is 0.550 bits per heavy atom. The van der Waals surface area contributed by atoms with Crippen molar-refractivity contribution in [3.8, 4) is 0 Å². The lowest BCUT2D eigenvalue weighted by Crippen LogP contribution is -2.45. The monoisotopic (exact) mass is 1110 g/mol. The summed E-state index contributed by atoms with van der Waals surface area (Å²) >= 11 is 0. The lowest BCUT2D eigenvalue weighted by atomic mass is 10.0. The third-order valence-corrected chi connectivity index (χ3v) is 16.1. The Bertz CT molecular complexity index is 1450. The van der Waals surface area contributed by atoms with Gasteiger partial charge >= 0.3 is 0 Å². The van der Waals surface area contributed by atoms with Crippen molar-refractivity contribution in [2.45, 2.75) is 373 Å². The second-order valence-corrected chi connectivity index (χ2v) is 23.9. The maximum atomic E-state index is 12.5. The Morgan fingerprint density at radius 1 is 0.312 bits per heavy atom. The molecular formula is C76H137NO3. The summed E-state index contributed by atoms with van der Waals surface area (Å²) in [5.74, 6) is -0.0639. The van der Waals surface area contributed by atoms with Crippen molar-refractivity contribution in [3.63, 3.8) is 0 Å². The smallest absolute Gasteiger partial charge is 0.220 e. The molecule has 0 fully saturated rings. The minimum absolute atomic E-state index is 0.0639. The Kier molecular flexibility index (Phi) is 68.2. The Morgan fingerprint density at radius 3 is 0.825 bits per heavy atom. The van der Waals surface area contributed by atoms with Crippen LogP contribution >= 0.6 is 0 Å². The lowest BCUT2D eigenvalue weighted by molar-refractivity contribution is -0.123. The van der Waals surface area contributed by atoms with E-state index in [2.05, 4.69) is 104 Å². The van der Waals surface area contributed by atoms with Crippen molar-refractivity contribution in [3.05, 3.63) is 97.2 Å². The van der Waals surface area contributed by atoms with Crippen molar-refractivity contribution in [1.29, 1.82) is 0 Å². The van der Waals surface area contributed by atoms with E-state index >= 15 is 0 Å². The molecule has 4 heteroatoms. The van der Waals surface area contributed by atoms with Crippen LogP contribution in [0.3, 0.4) is 0 Å². The molecule has 0 spiro atoms. The van der Waals surface area contributed by atoms with Gasteiger partial charge in [-0.2, -0.15) is 0 Å². The Balaban J connectivity index is 3.48. The molecule has 80 heavy (non-hydrogen) atoms. The highest BCUT2D eigenvalue weighted by atomic mass is 16.3. The number of aliphatic hydroxyl groups excluding tert-OH is 2. The van der Waals surface area contributed by atoms with Gasteiger partial charge in [0.05, 0.1) is 18.8 Å². The summed E-state index contributed by atoms with van der Waals surface area (Å²) in [6.07, 6.45) is 105. The van der Waals surface area contributed by atoms with Gasteiger partial charge in [-0.25, -0.2) is 0 Å². The molecule has 0 aliphatic carbocycles. The molecule has 0 aliphatic rings. The predicted octanol–water partition coefficient (Wildman–Crippen LogP) is 24.4. The number of allylic oxidation sites excluding steroid dienone is 15. The van der Waals surface area contributed by atoms with Crippen molar-refractivity contribution in [2.75, 3.05) is 6.61 Å². The molecular weight excluding hydrogens is 975 g/mol. The molecule has 0 aromatic rings. The molecule has 0 saturated carbocycles. The van der Waals surface area contributed by atoms with Gasteiger partial charge in [-0.15, -0.1) is 0 Å². The first-order chi connectivity index (χ1) is 39.7. The van der Waals surface area contributed by atoms with E-state index in [0.29, 0.717) is 6.42 Å². The van der Waals surface area contributed by atoms with Crippen LogP contribution in [0.1, 0.15) is 361 Å². The zero-order valence-corrected chi connectivity index (χ0v) is 53.6. The van der Waals surface area contributed by atoms with Gasteiger partial charge in [0.25, 0.3) is 0 Å². The van der Waals surface area contributed by atoms with E-state index in [-0.39, 0.29) is 12.5 Å². The number of aliphatic hydroxyl groups is 2. The fourth-order valence-electron chi connectivity index (χ4n) is 10.8. The molecule has 0 aromatic heterocycles. The number of amides is 1. The molecule has 0 rings (SSSR count). The lowest BCUT2D eigenvalue weighted by Gasteiger charge is -2.20. The maximum absolute atomic E-state index is 12.5. The van der Waals surface area contributed by atoms with Gasteiger partial charge in [0.1, 0.15) is 0 Å². The number of hydrogen-bond acceptors (Lipinski definition) is 3. The van der Waals surface area contributed by atoms with Crippen molar-refractivity contribution in [2.24, 2.45) is 0 Å². The van der Waals surface area contributed by atoms with Gasteiger partial charge in [0, 0.05) is 6.42 Å². The first-order valence-corrected chi connectivity index (χ1v) is 35.5. The van der Waals surface area contributed by atoms with Gasteiger partial charge in [-0.3, -0.25) is 4.79 Å². The molecule has 3 N–H and O–H groups in total. The average molecular weight is 1110 g/mol. The quantitative estimate of drug-likeness (QED) is 0.0420. The van der Waals surface area contributed by atoms with Crippen molar-refractivity contribution >= 4 is 5.91 Å². The minimum atomic E-state index is -0.847. The van der Waals surface area contributed by atoms with Gasteiger partial charge in [0.15, 0.2) is 0 Å². The van der Waals surface area contributed by atoms with Crippen molar-refractivity contribution < 1.29 is 15.0 Å². The highest BCUT2D eigenvalue weighted by Crippen LogP contribution is 2.18. The first kappa shape index (κ1) is 77.3. The number of nitrogens with one attached hydrogen (secondary N) is 1. The summed E-state index contributed by atoms with van der Waals surface area (Å²) in [4.78, 5) is 12.5. The molecule has 1 amide bonds. The molecule has 0 aromatic carbocycles. The van der Waals surface area contributed by atoms with Crippen LogP contribution in [-0.4, -0.2) is 34.9 Å². The van der Waals surface area contributed by atoms with Crippen LogP contribution in [0.15, 0.2) is 97.2 Å². The van der Waals surface area contributed by atoms with E-state index in [4.69, 9.17) is 0 Å². The Hall–Kier alpha value is -2.69. The molecule has 4 nitrogen and oxygen atoms in total. The second kappa shape index (κ2) is 70.6. The largest absolute Gasteiger partial charge is 0.394 e. The van der Waals surface area contributed by atoms with Crippen LogP contribution in [0.2, 0.25) is 0 Å². The Labute approximate surface area is 500 Å². The van der Waals surface area contributed by atoms with E-state index in [1.807, 2.05) is 6.08 Å². The van der Waals surface area contributed by atoms with Crippen LogP contribution < -0.4 is 5.32 Å². The maximum Gasteiger partial charge on any atom is 0.220 e. The van der Waals surface area contributed by atoms with Crippen LogP contribution in [0, 0.1) is 0 Å². The summed E-state index contributed by atoms with van der Waals surface area (Å²) in [6, 6.07) is -0.630. The van der Waals surface area contributed by atoms with Crippen LogP contribution in [0.5, 0.6) is 0 Å². The van der Waals surface area contributed by atoms with Gasteiger partial charge in [0.2, 0.25) is 5.91 Å². The number of carbonyl (C=O) groups is 1. The van der Waals surface area contributed by atoms with Gasteiger partial charge in [-0.05, 0) is 77.0 Å². The van der Waals surface area contributed by atoms with Crippen LogP contribution in [-0.2, 0) is 4.79 Å². The number of carbonyl (C=O) groups excluding carboxylic acids is 1. The second-order valence-electron chi connectivity index (χ2n) is 23.9.